The lowest BCUT2D eigenvalue weighted by atomic mass is 9.88. The minimum Gasteiger partial charge on any atom is -0.457 e. The second-order valence-electron chi connectivity index (χ2n) is 11.7. The summed E-state index contributed by atoms with van der Waals surface area (Å²) in [6.07, 6.45) is 2.72. The van der Waals surface area contributed by atoms with Gasteiger partial charge in [0.25, 0.3) is 0 Å². The quantitative estimate of drug-likeness (QED) is 0.271. The Morgan fingerprint density at radius 2 is 1.90 bits per heavy atom. The van der Waals surface area contributed by atoms with E-state index < -0.39 is 54.2 Å². The molecule has 2 saturated heterocycles. The Balaban J connectivity index is 1.54. The van der Waals surface area contributed by atoms with Crippen LogP contribution in [-0.2, 0) is 33.2 Å². The number of amides is 1. The van der Waals surface area contributed by atoms with Gasteiger partial charge in [-0.25, -0.2) is 9.79 Å². The minimum atomic E-state index is -0.953. The van der Waals surface area contributed by atoms with Gasteiger partial charge >= 0.3 is 12.1 Å². The molecule has 11 nitrogen and oxygen atoms in total. The van der Waals surface area contributed by atoms with Crippen LogP contribution in [0, 0.1) is 31.1 Å². The molecule has 5 atom stereocenters. The molecular weight excluding hydrogens is 530 g/mol. The number of hydrogen-bond acceptors (Lipinski definition) is 9. The van der Waals surface area contributed by atoms with Crippen molar-refractivity contribution in [3.8, 4) is 0 Å². The topological polar surface area (TPSA) is 117 Å². The predicted octanol–water partition coefficient (Wildman–Crippen LogP) is 3.36. The number of para-hydroxylation sites is 1. The molecular formula is C30H40N3O8. The van der Waals surface area contributed by atoms with Crippen molar-refractivity contribution in [1.82, 2.24) is 10.2 Å². The number of fused-ring (bicyclic) bond motifs is 1. The normalized spacial score (nSPS) is 27.1. The molecule has 0 unspecified atom stereocenters. The van der Waals surface area contributed by atoms with E-state index in [0.29, 0.717) is 17.5 Å². The Morgan fingerprint density at radius 1 is 1.17 bits per heavy atom. The number of aliphatic imine (C=N–C) groups is 1. The highest BCUT2D eigenvalue weighted by molar-refractivity contribution is 5.96. The molecule has 1 N–H and O–H groups in total. The summed E-state index contributed by atoms with van der Waals surface area (Å²) in [6.45, 7) is 8.78. The molecule has 0 spiro atoms. The van der Waals surface area contributed by atoms with Gasteiger partial charge in [0.05, 0.1) is 24.5 Å². The molecule has 2 aliphatic heterocycles. The van der Waals surface area contributed by atoms with Gasteiger partial charge in [0.15, 0.2) is 12.1 Å². The third-order valence-corrected chi connectivity index (χ3v) is 6.43. The van der Waals surface area contributed by atoms with Crippen LogP contribution in [0.15, 0.2) is 29.3 Å². The van der Waals surface area contributed by atoms with E-state index in [4.69, 9.17) is 28.4 Å². The number of nitrogens with zero attached hydrogens (tertiary/aromatic N) is 2. The smallest absolute Gasteiger partial charge is 0.407 e. The van der Waals surface area contributed by atoms with E-state index in [1.165, 1.54) is 7.11 Å². The number of alkyl carbamates (subject to hydrolysis) is 1. The van der Waals surface area contributed by atoms with Gasteiger partial charge in [0, 0.05) is 27.1 Å². The molecule has 5 radical (unpaired) electrons. The summed E-state index contributed by atoms with van der Waals surface area (Å²) in [5.41, 5.74) is 0.774. The molecule has 1 aromatic carbocycles. The van der Waals surface area contributed by atoms with E-state index in [1.807, 2.05) is 49.7 Å². The van der Waals surface area contributed by atoms with Gasteiger partial charge in [-0.05, 0) is 65.5 Å². The number of benzene rings is 1. The lowest BCUT2D eigenvalue weighted by molar-refractivity contribution is -0.230. The van der Waals surface area contributed by atoms with E-state index in [2.05, 4.69) is 10.3 Å². The van der Waals surface area contributed by atoms with Crippen LogP contribution in [0.3, 0.4) is 0 Å². The Morgan fingerprint density at radius 3 is 2.59 bits per heavy atom. The first-order chi connectivity index (χ1) is 19.3. The molecule has 223 valence electrons. The maximum absolute atomic E-state index is 13.7. The van der Waals surface area contributed by atoms with Gasteiger partial charge in [0.1, 0.15) is 30.0 Å². The zero-order valence-corrected chi connectivity index (χ0v) is 24.9. The number of ether oxygens (including phenoxy) is 6. The van der Waals surface area contributed by atoms with Gasteiger partial charge in [-0.1, -0.05) is 18.2 Å². The fourth-order valence-corrected chi connectivity index (χ4v) is 4.82. The first-order valence-corrected chi connectivity index (χ1v) is 13.6. The number of esters is 1. The van der Waals surface area contributed by atoms with E-state index in [9.17, 15) is 9.59 Å². The highest BCUT2D eigenvalue weighted by Gasteiger charge is 2.58. The number of hydrogen-bond donors (Lipinski definition) is 1. The first kappa shape index (κ1) is 31.2. The van der Waals surface area contributed by atoms with Crippen LogP contribution in [0.1, 0.15) is 40.2 Å². The molecule has 4 rings (SSSR count). The number of rotatable bonds is 9. The summed E-state index contributed by atoms with van der Waals surface area (Å²) in [5.74, 6) is -0.433. The van der Waals surface area contributed by atoms with Crippen LogP contribution < -0.4 is 5.32 Å². The van der Waals surface area contributed by atoms with E-state index >= 15 is 0 Å². The summed E-state index contributed by atoms with van der Waals surface area (Å²) >= 11 is 0. The van der Waals surface area contributed by atoms with Crippen LogP contribution >= 0.6 is 0 Å². The monoisotopic (exact) mass is 570 g/mol. The maximum Gasteiger partial charge on any atom is 0.407 e. The first-order valence-electron chi connectivity index (χ1n) is 13.6. The molecule has 11 heteroatoms. The fraction of sp³-hybridized carbons (Fsp3) is 0.533. The molecule has 2 heterocycles. The van der Waals surface area contributed by atoms with Crippen LogP contribution in [0.5, 0.6) is 0 Å². The molecule has 41 heavy (non-hydrogen) atoms. The molecule has 1 amide bonds. The molecule has 3 fully saturated rings. The molecule has 1 aliphatic carbocycles. The summed E-state index contributed by atoms with van der Waals surface area (Å²) in [4.78, 5) is 32.6. The standard InChI is InChI=1S/C30H40N3O8/c1-29(2,3)41-28(35)31-16-22(23-24(36-8)25-27(38-23)40-30(4,5)39-25)37-26(34)20-14-11-13-18(20)19-12-9-10-15-21(19)32-17-33(6)7/h9-15,17,22-25,27H,16H2,1-8H3,(H,31,35)/t22-,23-,24+,25-,27-/m1/s1. The van der Waals surface area contributed by atoms with Crippen molar-refractivity contribution < 1.29 is 38.0 Å². The largest absolute Gasteiger partial charge is 0.457 e. The number of carbonyl (C=O) groups is 2. The van der Waals surface area contributed by atoms with Gasteiger partial charge < -0.3 is 38.6 Å². The zero-order chi connectivity index (χ0) is 29.9. The molecule has 0 aromatic heterocycles. The lowest BCUT2D eigenvalue weighted by Crippen LogP contribution is -2.49. The van der Waals surface area contributed by atoms with Crippen molar-refractivity contribution in [2.45, 2.75) is 76.7 Å². The van der Waals surface area contributed by atoms with E-state index in [0.717, 1.165) is 5.56 Å². The highest BCUT2D eigenvalue weighted by atomic mass is 16.8. The van der Waals surface area contributed by atoms with Crippen molar-refractivity contribution in [1.29, 1.82) is 0 Å². The average Bonchev–Trinajstić information content (AvgIpc) is 3.56. The SMILES string of the molecule is CO[C@@H]1[C@H]2OC(C)(C)O[C@H]2O[C@@H]1[C@@H](CNC(=O)OC(C)(C)C)OC(=O)[C]1[CH][CH][CH][C]1c1ccccc1N=CN(C)C. The predicted molar refractivity (Wildman–Crippen MR) is 150 cm³/mol. The fourth-order valence-electron chi connectivity index (χ4n) is 4.82. The number of carbonyl (C=O) groups excluding carboxylic acids is 2. The third-order valence-electron chi connectivity index (χ3n) is 6.43. The Bertz CT molecular complexity index is 1100. The highest BCUT2D eigenvalue weighted by Crippen LogP contribution is 2.44. The summed E-state index contributed by atoms with van der Waals surface area (Å²) < 4.78 is 35.2. The van der Waals surface area contributed by atoms with Gasteiger partial charge in [0.2, 0.25) is 0 Å². The van der Waals surface area contributed by atoms with Crippen LogP contribution in [-0.4, -0.2) is 93.1 Å². The molecule has 0 bridgehead atoms. The van der Waals surface area contributed by atoms with E-state index in [1.54, 1.807) is 53.8 Å². The van der Waals surface area contributed by atoms with Crippen molar-refractivity contribution in [2.24, 2.45) is 4.99 Å². The zero-order valence-electron chi connectivity index (χ0n) is 24.9. The summed E-state index contributed by atoms with van der Waals surface area (Å²) in [7, 11) is 5.29. The van der Waals surface area contributed by atoms with Crippen LogP contribution in [0.4, 0.5) is 10.5 Å². The Labute approximate surface area is 242 Å². The van der Waals surface area contributed by atoms with Crippen LogP contribution in [0.25, 0.3) is 0 Å². The van der Waals surface area contributed by atoms with Gasteiger partial charge in [-0.2, -0.15) is 0 Å². The van der Waals surface area contributed by atoms with E-state index in [-0.39, 0.29) is 6.54 Å². The third kappa shape index (κ3) is 7.77. The average molecular weight is 571 g/mol. The van der Waals surface area contributed by atoms with Crippen molar-refractivity contribution in [3.05, 3.63) is 60.9 Å². The summed E-state index contributed by atoms with van der Waals surface area (Å²) in [5, 5.41) is 2.70. The Kier molecular flexibility index (Phi) is 9.63. The van der Waals surface area contributed by atoms with Crippen molar-refractivity contribution in [2.75, 3.05) is 27.7 Å². The molecule has 1 saturated carbocycles. The van der Waals surface area contributed by atoms with Gasteiger partial charge in [-0.15, -0.1) is 0 Å². The maximum atomic E-state index is 13.7. The second kappa shape index (κ2) is 12.6. The van der Waals surface area contributed by atoms with Gasteiger partial charge in [-0.3, -0.25) is 4.79 Å². The Hall–Kier alpha value is -2.73. The number of methoxy groups -OCH3 is 1. The summed E-state index contributed by atoms with van der Waals surface area (Å²) in [6, 6.07) is 7.54. The lowest BCUT2D eigenvalue weighted by Gasteiger charge is -2.31. The molecule has 1 aromatic rings. The van der Waals surface area contributed by atoms with Crippen LogP contribution in [0.2, 0.25) is 0 Å². The minimum absolute atomic E-state index is 0.0895. The second-order valence-corrected chi connectivity index (χ2v) is 11.7. The molecule has 3 aliphatic rings. The van der Waals surface area contributed by atoms with Crippen molar-refractivity contribution >= 4 is 24.1 Å². The number of nitrogens with one attached hydrogen (secondary N) is 1. The van der Waals surface area contributed by atoms with Crippen molar-refractivity contribution in [3.63, 3.8) is 0 Å².